The number of hydrogen-bond acceptors (Lipinski definition) is 6. The first-order chi connectivity index (χ1) is 17.3. The molecule has 0 saturated carbocycles. The fourth-order valence-electron chi connectivity index (χ4n) is 4.44. The molecule has 36 heavy (non-hydrogen) atoms. The number of carbonyl (C=O) groups is 1. The van der Waals surface area contributed by atoms with Gasteiger partial charge in [0, 0.05) is 41.0 Å². The Morgan fingerprint density at radius 3 is 2.67 bits per heavy atom. The van der Waals surface area contributed by atoms with Gasteiger partial charge < -0.3 is 14.6 Å². The van der Waals surface area contributed by atoms with Crippen LogP contribution in [0.15, 0.2) is 59.0 Å². The number of fused-ring (bicyclic) bond motifs is 1. The molecule has 5 rings (SSSR count). The van der Waals surface area contributed by atoms with Crippen molar-refractivity contribution in [3.8, 4) is 11.5 Å². The van der Waals surface area contributed by atoms with Crippen LogP contribution in [0.5, 0.6) is 0 Å². The number of aryl methyl sites for hydroxylation is 1. The van der Waals surface area contributed by atoms with E-state index in [4.69, 9.17) is 16.0 Å². The second-order valence-electron chi connectivity index (χ2n) is 9.25. The van der Waals surface area contributed by atoms with Gasteiger partial charge in [-0.05, 0) is 73.7 Å². The molecule has 1 fully saturated rings. The van der Waals surface area contributed by atoms with E-state index in [-0.39, 0.29) is 11.3 Å². The summed E-state index contributed by atoms with van der Waals surface area (Å²) >= 11 is 6.05. The number of nitrogens with one attached hydrogen (secondary N) is 1. The topological polar surface area (TPSA) is 102 Å². The molecule has 1 aromatic heterocycles. The van der Waals surface area contributed by atoms with Crippen molar-refractivity contribution in [1.82, 2.24) is 4.98 Å². The van der Waals surface area contributed by atoms with Gasteiger partial charge in [-0.15, -0.1) is 0 Å². The summed E-state index contributed by atoms with van der Waals surface area (Å²) in [5, 5.41) is 15.3. The van der Waals surface area contributed by atoms with Gasteiger partial charge >= 0.3 is 0 Å². The highest BCUT2D eigenvalue weighted by Crippen LogP contribution is 2.33. The number of halogens is 1. The summed E-state index contributed by atoms with van der Waals surface area (Å²) in [6.07, 6.45) is 1.98. The van der Waals surface area contributed by atoms with Gasteiger partial charge in [0.2, 0.25) is 5.89 Å². The Kier molecular flexibility index (Phi) is 6.36. The van der Waals surface area contributed by atoms with E-state index in [1.807, 2.05) is 24.0 Å². The summed E-state index contributed by atoms with van der Waals surface area (Å²) in [5.41, 5.74) is 4.04. The SMILES string of the molecule is Cc1ccc(-c2nc3cc(Cl)ccc3o2)cc1NC(=O)c1ccc(N2CCC(C)CC2)c([N+](=O)[O-])c1. The fraction of sp³-hybridized carbons (Fsp3) is 0.259. The Morgan fingerprint density at radius 2 is 1.92 bits per heavy atom. The number of carbonyl (C=O) groups excluding carboxylic acids is 1. The van der Waals surface area contributed by atoms with E-state index in [0.29, 0.717) is 44.9 Å². The normalized spacial score (nSPS) is 14.2. The molecule has 9 heteroatoms. The number of piperidine rings is 1. The van der Waals surface area contributed by atoms with E-state index in [0.717, 1.165) is 31.5 Å². The van der Waals surface area contributed by atoms with Crippen LogP contribution in [0.4, 0.5) is 17.1 Å². The van der Waals surface area contributed by atoms with Crippen LogP contribution >= 0.6 is 11.6 Å². The van der Waals surface area contributed by atoms with Crippen molar-refractivity contribution in [2.45, 2.75) is 26.7 Å². The molecule has 0 bridgehead atoms. The van der Waals surface area contributed by atoms with Crippen molar-refractivity contribution in [3.63, 3.8) is 0 Å². The van der Waals surface area contributed by atoms with Crippen LogP contribution in [0.1, 0.15) is 35.7 Å². The minimum Gasteiger partial charge on any atom is -0.436 e. The third kappa shape index (κ3) is 4.77. The zero-order valence-corrected chi connectivity index (χ0v) is 20.7. The number of aromatic nitrogens is 1. The van der Waals surface area contributed by atoms with Crippen molar-refractivity contribution >= 4 is 45.7 Å². The van der Waals surface area contributed by atoms with Gasteiger partial charge in [0.15, 0.2) is 5.58 Å². The third-order valence-corrected chi connectivity index (χ3v) is 6.88. The Bertz CT molecular complexity index is 1470. The molecule has 1 aliphatic heterocycles. The van der Waals surface area contributed by atoms with Crippen molar-refractivity contribution in [1.29, 1.82) is 0 Å². The lowest BCUT2D eigenvalue weighted by molar-refractivity contribution is -0.384. The first-order valence-electron chi connectivity index (χ1n) is 11.8. The number of hydrogen-bond donors (Lipinski definition) is 1. The summed E-state index contributed by atoms with van der Waals surface area (Å²) < 4.78 is 5.85. The summed E-state index contributed by atoms with van der Waals surface area (Å²) in [5.74, 6) is 0.581. The molecule has 0 aliphatic carbocycles. The van der Waals surface area contributed by atoms with Crippen LogP contribution in [-0.4, -0.2) is 28.9 Å². The molecule has 0 spiro atoms. The maximum absolute atomic E-state index is 13.1. The maximum Gasteiger partial charge on any atom is 0.293 e. The molecule has 8 nitrogen and oxygen atoms in total. The minimum absolute atomic E-state index is 0.0622. The van der Waals surface area contributed by atoms with Crippen LogP contribution < -0.4 is 10.2 Å². The molecule has 184 valence electrons. The van der Waals surface area contributed by atoms with Crippen LogP contribution in [0.25, 0.3) is 22.6 Å². The average Bonchev–Trinajstić information content (AvgIpc) is 3.28. The monoisotopic (exact) mass is 504 g/mol. The second kappa shape index (κ2) is 9.62. The van der Waals surface area contributed by atoms with Crippen LogP contribution in [0.3, 0.4) is 0 Å². The van der Waals surface area contributed by atoms with E-state index >= 15 is 0 Å². The number of anilines is 2. The minimum atomic E-state index is -0.429. The highest BCUT2D eigenvalue weighted by Gasteiger charge is 2.25. The number of nitro benzene ring substituents is 1. The van der Waals surface area contributed by atoms with Gasteiger partial charge in [0.1, 0.15) is 11.2 Å². The molecule has 0 unspecified atom stereocenters. The molecule has 3 aromatic carbocycles. The number of oxazole rings is 1. The third-order valence-electron chi connectivity index (χ3n) is 6.64. The van der Waals surface area contributed by atoms with Gasteiger partial charge in [-0.3, -0.25) is 14.9 Å². The molecule has 2 heterocycles. The summed E-state index contributed by atoms with van der Waals surface area (Å²) in [6, 6.07) is 15.4. The van der Waals surface area contributed by atoms with Gasteiger partial charge in [0.05, 0.1) is 4.92 Å². The molecular formula is C27H25ClN4O4. The van der Waals surface area contributed by atoms with Crippen molar-refractivity contribution in [2.75, 3.05) is 23.3 Å². The predicted octanol–water partition coefficient (Wildman–Crippen LogP) is 6.85. The lowest BCUT2D eigenvalue weighted by Crippen LogP contribution is -2.33. The number of amides is 1. The molecule has 0 atom stereocenters. The van der Waals surface area contributed by atoms with E-state index < -0.39 is 10.8 Å². The lowest BCUT2D eigenvalue weighted by Gasteiger charge is -2.31. The number of nitro groups is 1. The predicted molar refractivity (Wildman–Crippen MR) is 141 cm³/mol. The number of benzene rings is 3. The Morgan fingerprint density at radius 1 is 1.14 bits per heavy atom. The van der Waals surface area contributed by atoms with Crippen molar-refractivity contribution < 1.29 is 14.1 Å². The molecule has 1 aliphatic rings. The fourth-order valence-corrected chi connectivity index (χ4v) is 4.60. The highest BCUT2D eigenvalue weighted by molar-refractivity contribution is 6.31. The van der Waals surface area contributed by atoms with Gasteiger partial charge in [0.25, 0.3) is 11.6 Å². The smallest absolute Gasteiger partial charge is 0.293 e. The zero-order valence-electron chi connectivity index (χ0n) is 20.0. The molecule has 1 amide bonds. The van der Waals surface area contributed by atoms with Gasteiger partial charge in [-0.2, -0.15) is 0 Å². The molecule has 1 N–H and O–H groups in total. The molecule has 0 radical (unpaired) electrons. The maximum atomic E-state index is 13.1. The Balaban J connectivity index is 1.41. The second-order valence-corrected chi connectivity index (χ2v) is 9.68. The van der Waals surface area contributed by atoms with Crippen molar-refractivity contribution in [2.24, 2.45) is 5.92 Å². The van der Waals surface area contributed by atoms with Crippen molar-refractivity contribution in [3.05, 3.63) is 80.9 Å². The average molecular weight is 505 g/mol. The van der Waals surface area contributed by atoms with Crippen LogP contribution in [-0.2, 0) is 0 Å². The summed E-state index contributed by atoms with van der Waals surface area (Å²) in [7, 11) is 0. The summed E-state index contributed by atoms with van der Waals surface area (Å²) in [4.78, 5) is 31.0. The van der Waals surface area contributed by atoms with Crippen LogP contribution in [0.2, 0.25) is 5.02 Å². The Labute approximate surface area is 213 Å². The lowest BCUT2D eigenvalue weighted by atomic mass is 9.98. The number of rotatable bonds is 5. The molecule has 4 aromatic rings. The van der Waals surface area contributed by atoms with E-state index in [2.05, 4.69) is 17.2 Å². The van der Waals surface area contributed by atoms with E-state index in [9.17, 15) is 14.9 Å². The quantitative estimate of drug-likeness (QED) is 0.235. The van der Waals surface area contributed by atoms with Gasteiger partial charge in [-0.25, -0.2) is 4.98 Å². The van der Waals surface area contributed by atoms with E-state index in [1.54, 1.807) is 36.4 Å². The first kappa shape index (κ1) is 23.8. The summed E-state index contributed by atoms with van der Waals surface area (Å²) in [6.45, 7) is 5.59. The molecule has 1 saturated heterocycles. The van der Waals surface area contributed by atoms with Gasteiger partial charge in [-0.1, -0.05) is 24.6 Å². The standard InChI is InChI=1S/C27H25ClN4O4/c1-16-9-11-31(12-10-16)23-7-5-18(14-24(23)32(34)35)26(33)29-21-13-19(4-3-17(21)2)27-30-22-15-20(28)6-8-25(22)36-27/h3-8,13-16H,9-12H2,1-2H3,(H,29,33). The Hall–Kier alpha value is -3.91. The zero-order chi connectivity index (χ0) is 25.4. The first-order valence-corrected chi connectivity index (χ1v) is 12.2. The largest absolute Gasteiger partial charge is 0.436 e. The highest BCUT2D eigenvalue weighted by atomic mass is 35.5. The molecular weight excluding hydrogens is 480 g/mol. The van der Waals surface area contributed by atoms with Crippen LogP contribution in [0, 0.1) is 23.0 Å². The van der Waals surface area contributed by atoms with E-state index in [1.165, 1.54) is 6.07 Å². The number of nitrogens with zero attached hydrogens (tertiary/aromatic N) is 3.